The van der Waals surface area contributed by atoms with Crippen molar-refractivity contribution in [3.63, 3.8) is 0 Å². The summed E-state index contributed by atoms with van der Waals surface area (Å²) >= 11 is 0. The minimum Gasteiger partial charge on any atom is -0.457 e. The third-order valence-corrected chi connectivity index (χ3v) is 9.59. The Hall–Kier alpha value is -8.41. The Morgan fingerprint density at radius 3 is 1.61 bits per heavy atom. The van der Waals surface area contributed by atoms with Crippen molar-refractivity contribution in [3.8, 4) is 52.1 Å². The molecule has 0 fully saturated rings. The van der Waals surface area contributed by atoms with Crippen LogP contribution in [0.5, 0.6) is 23.0 Å². The fraction of sp³-hybridized carbons (Fsp3) is 0. The third-order valence-electron chi connectivity index (χ3n) is 9.59. The number of nitriles is 1. The molecular weight excluding hydrogens is 699 g/mol. The lowest BCUT2D eigenvalue weighted by molar-refractivity contribution is 0.461. The Labute approximate surface area is 318 Å². The molecule has 262 valence electrons. The largest absolute Gasteiger partial charge is 0.457 e. The van der Waals surface area contributed by atoms with Gasteiger partial charge >= 0.3 is 0 Å². The number of ether oxygens (including phenoxy) is 2. The Morgan fingerprint density at radius 2 is 1.09 bits per heavy atom. The van der Waals surface area contributed by atoms with Crippen molar-refractivity contribution < 1.29 is 9.47 Å². The lowest BCUT2D eigenvalue weighted by Crippen LogP contribution is -1.97. The van der Waals surface area contributed by atoms with Gasteiger partial charge in [-0.15, -0.1) is 0 Å². The number of hydrogen-bond acceptors (Lipinski definition) is 8. The predicted octanol–water partition coefficient (Wildman–Crippen LogP) is 10.5. The smallest absolute Gasteiger partial charge is 0.205 e. The number of rotatable bonds is 7. The first-order valence-electron chi connectivity index (χ1n) is 17.5. The van der Waals surface area contributed by atoms with E-state index in [0.29, 0.717) is 57.3 Å². The van der Waals surface area contributed by atoms with E-state index in [9.17, 15) is 5.26 Å². The highest BCUT2D eigenvalue weighted by Crippen LogP contribution is 2.39. The Balaban J connectivity index is 1.06. The van der Waals surface area contributed by atoms with Gasteiger partial charge in [-0.2, -0.15) is 5.26 Å². The molecule has 0 radical (unpaired) electrons. The summed E-state index contributed by atoms with van der Waals surface area (Å²) < 4.78 is 17.3. The highest BCUT2D eigenvalue weighted by Gasteiger charge is 2.17. The molecule has 5 aromatic carbocycles. The maximum absolute atomic E-state index is 9.37. The zero-order valence-electron chi connectivity index (χ0n) is 29.3. The van der Waals surface area contributed by atoms with Crippen LogP contribution in [0, 0.1) is 17.9 Å². The van der Waals surface area contributed by atoms with Crippen LogP contribution in [0.15, 0.2) is 152 Å². The highest BCUT2D eigenvalue weighted by molar-refractivity contribution is 6.10. The van der Waals surface area contributed by atoms with Gasteiger partial charge in [-0.05, 0) is 66.7 Å². The van der Waals surface area contributed by atoms with Crippen LogP contribution in [0.1, 0.15) is 5.56 Å². The molecule has 0 atom stereocenters. The Bertz CT molecular complexity index is 3020. The zero-order valence-corrected chi connectivity index (χ0v) is 29.3. The average molecular weight is 724 g/mol. The molecule has 0 amide bonds. The van der Waals surface area contributed by atoms with Crippen LogP contribution < -0.4 is 9.47 Å². The lowest BCUT2D eigenvalue weighted by Gasteiger charge is -2.13. The van der Waals surface area contributed by atoms with E-state index in [1.807, 2.05) is 91.0 Å². The minimum absolute atomic E-state index is 0.460. The quantitative estimate of drug-likeness (QED) is 0.149. The maximum atomic E-state index is 9.37. The number of benzene rings is 5. The number of pyridine rings is 2. The monoisotopic (exact) mass is 723 g/mol. The van der Waals surface area contributed by atoms with Gasteiger partial charge in [0.1, 0.15) is 53.4 Å². The van der Waals surface area contributed by atoms with Gasteiger partial charge in [0.15, 0.2) is 5.82 Å². The van der Waals surface area contributed by atoms with E-state index < -0.39 is 0 Å². The van der Waals surface area contributed by atoms with Crippen LogP contribution in [0.4, 0.5) is 5.69 Å². The van der Waals surface area contributed by atoms with Crippen molar-refractivity contribution in [1.82, 2.24) is 34.1 Å². The molecule has 5 aromatic heterocycles. The number of fused-ring (bicyclic) bond motifs is 6. The van der Waals surface area contributed by atoms with E-state index >= 15 is 0 Å². The Kier molecular flexibility index (Phi) is 7.61. The highest BCUT2D eigenvalue weighted by atomic mass is 16.5. The molecule has 0 saturated heterocycles. The van der Waals surface area contributed by atoms with Crippen molar-refractivity contribution in [1.29, 1.82) is 5.26 Å². The predicted molar refractivity (Wildman–Crippen MR) is 214 cm³/mol. The molecule has 11 heteroatoms. The molecule has 0 N–H and O–H groups in total. The standard InChI is InChI=1S/C45H25N9O2/c1-47-30-11-17-44(50-25-30)54-40-9-5-3-7-36(40)38-15-13-32(22-42(38)54)56-34-19-29(45-51-26-48-27-52-45)18-33(20-34)55-31-12-14-37-35-6-2-4-8-39(35)53(41(37)21-31)43-16-10-28(23-46)24-49-43/h2-22,24-27H. The summed E-state index contributed by atoms with van der Waals surface area (Å²) in [7, 11) is 0. The van der Waals surface area contributed by atoms with Crippen LogP contribution in [0.25, 0.3) is 71.5 Å². The van der Waals surface area contributed by atoms with E-state index in [1.165, 1.54) is 12.7 Å². The molecule has 56 heavy (non-hydrogen) atoms. The van der Waals surface area contributed by atoms with Crippen molar-refractivity contribution in [2.75, 3.05) is 0 Å². The zero-order chi connectivity index (χ0) is 37.6. The fourth-order valence-electron chi connectivity index (χ4n) is 7.16. The third kappa shape index (κ3) is 5.57. The van der Waals surface area contributed by atoms with E-state index in [-0.39, 0.29) is 0 Å². The van der Waals surface area contributed by atoms with Gasteiger partial charge in [0, 0.05) is 57.7 Å². The van der Waals surface area contributed by atoms with Crippen molar-refractivity contribution in [2.45, 2.75) is 0 Å². The molecule has 11 nitrogen and oxygen atoms in total. The summed E-state index contributed by atoms with van der Waals surface area (Å²) in [6, 6.07) is 43.2. The van der Waals surface area contributed by atoms with Crippen LogP contribution >= 0.6 is 0 Å². The summed E-state index contributed by atoms with van der Waals surface area (Å²) in [5.74, 6) is 4.05. The van der Waals surface area contributed by atoms with Crippen molar-refractivity contribution in [3.05, 3.63) is 169 Å². The second kappa shape index (κ2) is 13.2. The van der Waals surface area contributed by atoms with E-state index in [4.69, 9.17) is 16.0 Å². The first-order valence-corrected chi connectivity index (χ1v) is 17.5. The second-order valence-corrected chi connectivity index (χ2v) is 12.9. The number of aromatic nitrogens is 7. The van der Waals surface area contributed by atoms with E-state index in [2.05, 4.69) is 69.2 Å². The molecule has 10 aromatic rings. The number of nitrogens with zero attached hydrogens (tertiary/aromatic N) is 9. The fourth-order valence-corrected chi connectivity index (χ4v) is 7.16. The van der Waals surface area contributed by atoms with Gasteiger partial charge in [-0.3, -0.25) is 14.1 Å². The molecule has 0 aliphatic heterocycles. The molecular formula is C45H25N9O2. The summed E-state index contributed by atoms with van der Waals surface area (Å²) in [4.78, 5) is 25.5. The van der Waals surface area contributed by atoms with Crippen LogP contribution in [-0.2, 0) is 0 Å². The second-order valence-electron chi connectivity index (χ2n) is 12.9. The molecule has 0 spiro atoms. The summed E-state index contributed by atoms with van der Waals surface area (Å²) in [5.41, 5.74) is 5.40. The van der Waals surface area contributed by atoms with E-state index in [0.717, 1.165) is 43.6 Å². The van der Waals surface area contributed by atoms with E-state index in [1.54, 1.807) is 24.5 Å². The first-order chi connectivity index (χ1) is 27.6. The normalized spacial score (nSPS) is 11.2. The van der Waals surface area contributed by atoms with Gasteiger partial charge in [-0.1, -0.05) is 42.5 Å². The molecule has 0 unspecified atom stereocenters. The summed E-state index contributed by atoms with van der Waals surface area (Å²) in [5, 5.41) is 13.6. The molecule has 10 rings (SSSR count). The van der Waals surface area contributed by atoms with Crippen molar-refractivity contribution >= 4 is 49.3 Å². The van der Waals surface area contributed by atoms with Gasteiger partial charge in [0.05, 0.1) is 34.2 Å². The van der Waals surface area contributed by atoms with Gasteiger partial charge in [-0.25, -0.2) is 24.8 Å². The maximum Gasteiger partial charge on any atom is 0.205 e. The summed E-state index contributed by atoms with van der Waals surface area (Å²) in [6.45, 7) is 7.37. The minimum atomic E-state index is 0.460. The molecule has 0 aliphatic carbocycles. The Morgan fingerprint density at radius 1 is 0.536 bits per heavy atom. The molecule has 0 aliphatic rings. The average Bonchev–Trinajstić information content (AvgIpc) is 3.76. The first kappa shape index (κ1) is 32.3. The van der Waals surface area contributed by atoms with Crippen LogP contribution in [0.2, 0.25) is 0 Å². The number of para-hydroxylation sites is 2. The van der Waals surface area contributed by atoms with Crippen molar-refractivity contribution in [2.24, 2.45) is 0 Å². The lowest BCUT2D eigenvalue weighted by atomic mass is 10.1. The summed E-state index contributed by atoms with van der Waals surface area (Å²) in [6.07, 6.45) is 6.06. The van der Waals surface area contributed by atoms with Gasteiger partial charge in [0.2, 0.25) is 5.69 Å². The van der Waals surface area contributed by atoms with Crippen LogP contribution in [0.3, 0.4) is 0 Å². The molecule has 5 heterocycles. The molecule has 0 saturated carbocycles. The van der Waals surface area contributed by atoms with Gasteiger partial charge < -0.3 is 9.47 Å². The topological polar surface area (TPSA) is 121 Å². The van der Waals surface area contributed by atoms with Gasteiger partial charge in [0.25, 0.3) is 0 Å². The molecule has 0 bridgehead atoms. The number of hydrogen-bond donors (Lipinski definition) is 0. The van der Waals surface area contributed by atoms with Crippen LogP contribution in [-0.4, -0.2) is 34.1 Å². The SMILES string of the molecule is [C-]#[N+]c1ccc(-n2c3ccccc3c3ccc(Oc4cc(Oc5ccc6c7ccccc7n(-c7ccc(C#N)cn7)c6c5)cc(-c5ncncn5)c4)cc32)nc1.